The van der Waals surface area contributed by atoms with Crippen molar-refractivity contribution in [2.24, 2.45) is 10.8 Å². The Morgan fingerprint density at radius 2 is 2.08 bits per heavy atom. The SMILES string of the molecule is CC1(C)C[C@H]2C[C@](C)(CN2C(=O)CSc2nc3ccccc3c(=O)[nH]2)C1. The molecule has 138 valence electrons. The molecule has 1 aliphatic carbocycles. The summed E-state index contributed by atoms with van der Waals surface area (Å²) in [5.41, 5.74) is 1.04. The minimum absolute atomic E-state index is 0.150. The van der Waals surface area contributed by atoms with Crippen LogP contribution in [0, 0.1) is 10.8 Å². The van der Waals surface area contributed by atoms with Crippen molar-refractivity contribution in [3.05, 3.63) is 34.6 Å². The number of hydrogen-bond acceptors (Lipinski definition) is 4. The number of para-hydroxylation sites is 1. The molecule has 2 fully saturated rings. The number of likely N-dealkylation sites (tertiary alicyclic amines) is 1. The lowest BCUT2D eigenvalue weighted by molar-refractivity contribution is -0.129. The Balaban J connectivity index is 1.47. The Labute approximate surface area is 157 Å². The smallest absolute Gasteiger partial charge is 0.259 e. The van der Waals surface area contributed by atoms with Crippen LogP contribution in [0.25, 0.3) is 10.9 Å². The zero-order valence-electron chi connectivity index (χ0n) is 15.5. The van der Waals surface area contributed by atoms with Crippen LogP contribution in [0.3, 0.4) is 0 Å². The maximum Gasteiger partial charge on any atom is 0.259 e. The van der Waals surface area contributed by atoms with Crippen molar-refractivity contribution in [3.63, 3.8) is 0 Å². The summed E-state index contributed by atoms with van der Waals surface area (Å²) in [7, 11) is 0. The van der Waals surface area contributed by atoms with Gasteiger partial charge in [0.2, 0.25) is 5.91 Å². The fourth-order valence-corrected chi connectivity index (χ4v) is 5.85. The molecule has 1 N–H and O–H groups in total. The Morgan fingerprint density at radius 3 is 2.88 bits per heavy atom. The highest BCUT2D eigenvalue weighted by Crippen LogP contribution is 2.52. The number of aromatic amines is 1. The number of benzene rings is 1. The Kier molecular flexibility index (Phi) is 4.14. The fraction of sp³-hybridized carbons (Fsp3) is 0.550. The lowest BCUT2D eigenvalue weighted by atomic mass is 9.65. The summed E-state index contributed by atoms with van der Waals surface area (Å²) in [6, 6.07) is 7.61. The minimum atomic E-state index is -0.156. The fourth-order valence-electron chi connectivity index (χ4n) is 5.10. The number of hydrogen-bond donors (Lipinski definition) is 1. The van der Waals surface area contributed by atoms with Gasteiger partial charge in [-0.25, -0.2) is 4.98 Å². The van der Waals surface area contributed by atoms with Crippen LogP contribution < -0.4 is 5.56 Å². The van der Waals surface area contributed by atoms with E-state index >= 15 is 0 Å². The summed E-state index contributed by atoms with van der Waals surface area (Å²) in [6.45, 7) is 7.78. The van der Waals surface area contributed by atoms with E-state index in [-0.39, 0.29) is 16.9 Å². The number of rotatable bonds is 3. The highest BCUT2D eigenvalue weighted by molar-refractivity contribution is 7.99. The molecule has 1 aromatic heterocycles. The predicted molar refractivity (Wildman–Crippen MR) is 104 cm³/mol. The molecular weight excluding hydrogens is 346 g/mol. The summed E-state index contributed by atoms with van der Waals surface area (Å²) >= 11 is 1.32. The molecule has 4 rings (SSSR count). The van der Waals surface area contributed by atoms with Gasteiger partial charge in [-0.05, 0) is 42.2 Å². The van der Waals surface area contributed by atoms with Gasteiger partial charge in [0.15, 0.2) is 5.16 Å². The molecule has 1 aromatic carbocycles. The molecule has 0 radical (unpaired) electrons. The number of aromatic nitrogens is 2. The third-order valence-corrected chi connectivity index (χ3v) is 6.52. The van der Waals surface area contributed by atoms with Crippen LogP contribution in [0.2, 0.25) is 0 Å². The van der Waals surface area contributed by atoms with Crippen molar-refractivity contribution < 1.29 is 4.79 Å². The van der Waals surface area contributed by atoms with Gasteiger partial charge in [-0.2, -0.15) is 0 Å². The first-order valence-corrected chi connectivity index (χ1v) is 10.1. The molecule has 2 aliphatic rings. The molecule has 1 saturated heterocycles. The number of carbonyl (C=O) groups is 1. The van der Waals surface area contributed by atoms with Crippen molar-refractivity contribution in [1.29, 1.82) is 0 Å². The first kappa shape index (κ1) is 17.6. The van der Waals surface area contributed by atoms with Crippen molar-refractivity contribution in [2.75, 3.05) is 12.3 Å². The largest absolute Gasteiger partial charge is 0.338 e. The van der Waals surface area contributed by atoms with Gasteiger partial charge in [0.1, 0.15) is 0 Å². The van der Waals surface area contributed by atoms with E-state index in [0.29, 0.717) is 33.3 Å². The summed E-state index contributed by atoms with van der Waals surface area (Å²) in [5, 5.41) is 1.09. The summed E-state index contributed by atoms with van der Waals surface area (Å²) in [5.74, 6) is 0.464. The summed E-state index contributed by atoms with van der Waals surface area (Å²) in [4.78, 5) is 34.3. The molecule has 1 aliphatic heterocycles. The zero-order valence-corrected chi connectivity index (χ0v) is 16.4. The topological polar surface area (TPSA) is 66.1 Å². The molecule has 1 amide bonds. The van der Waals surface area contributed by atoms with E-state index in [1.165, 1.54) is 18.2 Å². The summed E-state index contributed by atoms with van der Waals surface area (Å²) in [6.07, 6.45) is 3.36. The van der Waals surface area contributed by atoms with Crippen LogP contribution in [0.5, 0.6) is 0 Å². The highest BCUT2D eigenvalue weighted by Gasteiger charge is 2.50. The number of thioether (sulfide) groups is 1. The lowest BCUT2D eigenvalue weighted by Crippen LogP contribution is -2.38. The molecule has 6 heteroatoms. The normalized spacial score (nSPS) is 27.0. The van der Waals surface area contributed by atoms with Gasteiger partial charge in [-0.15, -0.1) is 0 Å². The molecular formula is C20H25N3O2S. The van der Waals surface area contributed by atoms with Crippen LogP contribution in [0.15, 0.2) is 34.2 Å². The quantitative estimate of drug-likeness (QED) is 0.663. The van der Waals surface area contributed by atoms with Crippen LogP contribution in [0.1, 0.15) is 40.0 Å². The summed E-state index contributed by atoms with van der Waals surface area (Å²) < 4.78 is 0. The van der Waals surface area contributed by atoms with Gasteiger partial charge < -0.3 is 9.88 Å². The standard InChI is InChI=1S/C20H25N3O2S/c1-19(2)8-13-9-20(3,11-19)12-23(13)16(24)10-26-18-21-15-7-5-4-6-14(15)17(25)22-18/h4-7,13H,8-12H2,1-3H3,(H,21,22,25)/t13-,20-/m0/s1. The van der Waals surface area contributed by atoms with Gasteiger partial charge in [0, 0.05) is 12.6 Å². The average molecular weight is 372 g/mol. The van der Waals surface area contributed by atoms with Gasteiger partial charge in [-0.3, -0.25) is 9.59 Å². The highest BCUT2D eigenvalue weighted by atomic mass is 32.2. The minimum Gasteiger partial charge on any atom is -0.338 e. The average Bonchev–Trinajstić information content (AvgIpc) is 2.81. The molecule has 2 aromatic rings. The number of amides is 1. The number of fused-ring (bicyclic) bond motifs is 3. The van der Waals surface area contributed by atoms with Crippen LogP contribution in [-0.4, -0.2) is 39.1 Å². The maximum absolute atomic E-state index is 12.8. The lowest BCUT2D eigenvalue weighted by Gasteiger charge is -2.39. The Bertz CT molecular complexity index is 923. The number of nitrogens with zero attached hydrogens (tertiary/aromatic N) is 2. The monoisotopic (exact) mass is 371 g/mol. The van der Waals surface area contributed by atoms with Gasteiger partial charge in [0.25, 0.3) is 5.56 Å². The van der Waals surface area contributed by atoms with Gasteiger partial charge in [-0.1, -0.05) is 44.7 Å². The van der Waals surface area contributed by atoms with Crippen molar-refractivity contribution in [3.8, 4) is 0 Å². The van der Waals surface area contributed by atoms with E-state index in [2.05, 4.69) is 35.6 Å². The first-order chi connectivity index (χ1) is 12.2. The van der Waals surface area contributed by atoms with Gasteiger partial charge in [0.05, 0.1) is 16.7 Å². The number of H-pyrrole nitrogens is 1. The molecule has 0 unspecified atom stereocenters. The van der Waals surface area contributed by atoms with Crippen LogP contribution in [-0.2, 0) is 4.79 Å². The molecule has 2 atom stereocenters. The Morgan fingerprint density at radius 1 is 1.31 bits per heavy atom. The van der Waals surface area contributed by atoms with E-state index in [9.17, 15) is 9.59 Å². The molecule has 0 spiro atoms. The second kappa shape index (κ2) is 6.12. The van der Waals surface area contributed by atoms with Crippen LogP contribution >= 0.6 is 11.8 Å². The maximum atomic E-state index is 12.8. The molecule has 5 nitrogen and oxygen atoms in total. The first-order valence-electron chi connectivity index (χ1n) is 9.16. The molecule has 1 saturated carbocycles. The second-order valence-electron chi connectivity index (χ2n) is 8.91. The van der Waals surface area contributed by atoms with Crippen LogP contribution in [0.4, 0.5) is 0 Å². The van der Waals surface area contributed by atoms with E-state index < -0.39 is 0 Å². The molecule has 2 bridgehead atoms. The van der Waals surface area contributed by atoms with Crippen molar-refractivity contribution in [1.82, 2.24) is 14.9 Å². The second-order valence-corrected chi connectivity index (χ2v) is 9.88. The molecule has 2 heterocycles. The third-order valence-electron chi connectivity index (χ3n) is 5.66. The van der Waals surface area contributed by atoms with E-state index in [4.69, 9.17) is 0 Å². The van der Waals surface area contributed by atoms with E-state index in [0.717, 1.165) is 19.4 Å². The third kappa shape index (κ3) is 3.27. The number of nitrogens with one attached hydrogen (secondary N) is 1. The zero-order chi connectivity index (χ0) is 18.5. The predicted octanol–water partition coefficient (Wildman–Crippen LogP) is 3.44. The Hall–Kier alpha value is -1.82. The van der Waals surface area contributed by atoms with E-state index in [1.54, 1.807) is 6.07 Å². The van der Waals surface area contributed by atoms with Gasteiger partial charge >= 0.3 is 0 Å². The van der Waals surface area contributed by atoms with Crippen molar-refractivity contribution >= 4 is 28.6 Å². The number of carbonyl (C=O) groups excluding carboxylic acids is 1. The van der Waals surface area contributed by atoms with Crippen molar-refractivity contribution in [2.45, 2.75) is 51.2 Å². The molecule has 26 heavy (non-hydrogen) atoms. The van der Waals surface area contributed by atoms with E-state index in [1.807, 2.05) is 18.2 Å².